The fourth-order valence-electron chi connectivity index (χ4n) is 3.13. The van der Waals surface area contributed by atoms with Crippen molar-refractivity contribution in [3.63, 3.8) is 0 Å². The Bertz CT molecular complexity index is 515. The number of benzene rings is 1. The Morgan fingerprint density at radius 2 is 1.58 bits per heavy atom. The van der Waals surface area contributed by atoms with Crippen molar-refractivity contribution >= 4 is 5.91 Å². The van der Waals surface area contributed by atoms with Crippen molar-refractivity contribution in [1.82, 2.24) is 5.32 Å². The van der Waals surface area contributed by atoms with E-state index in [2.05, 4.69) is 5.32 Å². The standard InChI is InChI=1S/C18H28N2O4/c1-22-15-10-14(11-16(23-2)18(15)24-3)12-19-17(21)13-20-8-6-4-5-7-9-20/h10-11H,4-9,12-13H2,1-3H3,(H,19,21)/p+1. The number of likely N-dealkylation sites (tertiary alicyclic amines) is 1. The molecule has 0 spiro atoms. The van der Waals surface area contributed by atoms with Crippen LogP contribution in [0.25, 0.3) is 0 Å². The lowest BCUT2D eigenvalue weighted by molar-refractivity contribution is -0.891. The number of amides is 1. The molecular formula is C18H29N2O4+. The van der Waals surface area contributed by atoms with Gasteiger partial charge in [0.15, 0.2) is 18.0 Å². The molecule has 0 saturated carbocycles. The van der Waals surface area contributed by atoms with Gasteiger partial charge in [0.2, 0.25) is 5.75 Å². The van der Waals surface area contributed by atoms with Gasteiger partial charge in [0, 0.05) is 6.54 Å². The van der Waals surface area contributed by atoms with Crippen molar-refractivity contribution in [2.45, 2.75) is 32.2 Å². The molecule has 1 aromatic rings. The zero-order chi connectivity index (χ0) is 17.4. The van der Waals surface area contributed by atoms with Gasteiger partial charge in [0.1, 0.15) is 0 Å². The van der Waals surface area contributed by atoms with Crippen LogP contribution in [0.5, 0.6) is 17.2 Å². The Kier molecular flexibility index (Phi) is 7.18. The van der Waals surface area contributed by atoms with Crippen LogP contribution in [0.1, 0.15) is 31.2 Å². The molecule has 2 rings (SSSR count). The monoisotopic (exact) mass is 337 g/mol. The Morgan fingerprint density at radius 3 is 2.08 bits per heavy atom. The summed E-state index contributed by atoms with van der Waals surface area (Å²) in [6.07, 6.45) is 5.01. The summed E-state index contributed by atoms with van der Waals surface area (Å²) >= 11 is 0. The van der Waals surface area contributed by atoms with Gasteiger partial charge < -0.3 is 24.4 Å². The lowest BCUT2D eigenvalue weighted by Gasteiger charge is -2.17. The summed E-state index contributed by atoms with van der Waals surface area (Å²) in [4.78, 5) is 13.6. The van der Waals surface area contributed by atoms with Gasteiger partial charge in [-0.2, -0.15) is 0 Å². The molecule has 1 aliphatic rings. The Balaban J connectivity index is 1.94. The maximum atomic E-state index is 12.2. The van der Waals surface area contributed by atoms with Crippen LogP contribution in [0.4, 0.5) is 0 Å². The van der Waals surface area contributed by atoms with Crippen LogP contribution >= 0.6 is 0 Å². The molecule has 0 atom stereocenters. The molecule has 6 heteroatoms. The van der Waals surface area contributed by atoms with Crippen LogP contribution in [-0.2, 0) is 11.3 Å². The lowest BCUT2D eigenvalue weighted by Crippen LogP contribution is -3.13. The fraction of sp³-hybridized carbons (Fsp3) is 0.611. The first-order chi connectivity index (χ1) is 11.7. The molecule has 24 heavy (non-hydrogen) atoms. The summed E-state index contributed by atoms with van der Waals surface area (Å²) in [5, 5.41) is 3.00. The molecule has 1 aromatic carbocycles. The molecule has 0 unspecified atom stereocenters. The van der Waals surface area contributed by atoms with Gasteiger partial charge in [-0.1, -0.05) is 0 Å². The number of carbonyl (C=O) groups is 1. The summed E-state index contributed by atoms with van der Waals surface area (Å²) in [6.45, 7) is 3.18. The first-order valence-electron chi connectivity index (χ1n) is 8.57. The highest BCUT2D eigenvalue weighted by atomic mass is 16.5. The molecule has 0 bridgehead atoms. The minimum absolute atomic E-state index is 0.0839. The van der Waals surface area contributed by atoms with E-state index in [1.165, 1.54) is 30.6 Å². The zero-order valence-electron chi connectivity index (χ0n) is 14.9. The average molecular weight is 337 g/mol. The van der Waals surface area contributed by atoms with Crippen molar-refractivity contribution in [3.8, 4) is 17.2 Å². The highest BCUT2D eigenvalue weighted by Gasteiger charge is 2.17. The molecule has 0 aromatic heterocycles. The Morgan fingerprint density at radius 1 is 1.00 bits per heavy atom. The number of nitrogens with one attached hydrogen (secondary N) is 2. The van der Waals surface area contributed by atoms with Gasteiger partial charge in [-0.05, 0) is 43.4 Å². The molecule has 1 heterocycles. The van der Waals surface area contributed by atoms with Gasteiger partial charge in [-0.25, -0.2) is 0 Å². The minimum Gasteiger partial charge on any atom is -0.493 e. The molecule has 0 radical (unpaired) electrons. The fourth-order valence-corrected chi connectivity index (χ4v) is 3.13. The Hall–Kier alpha value is -1.95. The molecule has 2 N–H and O–H groups in total. The van der Waals surface area contributed by atoms with Gasteiger partial charge in [-0.15, -0.1) is 0 Å². The average Bonchev–Trinajstić information content (AvgIpc) is 2.87. The molecule has 6 nitrogen and oxygen atoms in total. The van der Waals surface area contributed by atoms with E-state index in [4.69, 9.17) is 14.2 Å². The van der Waals surface area contributed by atoms with Crippen molar-refractivity contribution in [1.29, 1.82) is 0 Å². The quantitative estimate of drug-likeness (QED) is 0.772. The van der Waals surface area contributed by atoms with E-state index in [9.17, 15) is 4.79 Å². The summed E-state index contributed by atoms with van der Waals surface area (Å²) in [6, 6.07) is 3.72. The molecule has 1 fully saturated rings. The minimum atomic E-state index is 0.0839. The number of methoxy groups -OCH3 is 3. The van der Waals surface area contributed by atoms with Crippen LogP contribution < -0.4 is 24.4 Å². The van der Waals surface area contributed by atoms with Crippen LogP contribution in [0, 0.1) is 0 Å². The van der Waals surface area contributed by atoms with E-state index < -0.39 is 0 Å². The van der Waals surface area contributed by atoms with Crippen molar-refractivity contribution in [2.75, 3.05) is 41.0 Å². The van der Waals surface area contributed by atoms with Gasteiger partial charge in [0.05, 0.1) is 34.4 Å². The number of rotatable bonds is 7. The van der Waals surface area contributed by atoms with Crippen LogP contribution in [0.15, 0.2) is 12.1 Å². The van der Waals surface area contributed by atoms with E-state index >= 15 is 0 Å². The molecule has 1 amide bonds. The summed E-state index contributed by atoms with van der Waals surface area (Å²) in [5.74, 6) is 1.84. The van der Waals surface area contributed by atoms with Crippen LogP contribution in [0.3, 0.4) is 0 Å². The summed E-state index contributed by atoms with van der Waals surface area (Å²) < 4.78 is 16.0. The predicted octanol–water partition coefficient (Wildman–Crippen LogP) is 0.788. The van der Waals surface area contributed by atoms with E-state index in [1.54, 1.807) is 21.3 Å². The maximum Gasteiger partial charge on any atom is 0.275 e. The first kappa shape index (κ1) is 18.4. The second kappa shape index (κ2) is 9.37. The first-order valence-corrected chi connectivity index (χ1v) is 8.57. The number of hydrogen-bond donors (Lipinski definition) is 2. The highest BCUT2D eigenvalue weighted by molar-refractivity contribution is 5.76. The third-order valence-electron chi connectivity index (χ3n) is 4.44. The van der Waals surface area contributed by atoms with Crippen LogP contribution in [-0.4, -0.2) is 46.9 Å². The van der Waals surface area contributed by atoms with E-state index in [0.717, 1.165) is 18.7 Å². The summed E-state index contributed by atoms with van der Waals surface area (Å²) in [5.41, 5.74) is 0.920. The number of carbonyl (C=O) groups excluding carboxylic acids is 1. The third-order valence-corrected chi connectivity index (χ3v) is 4.44. The van der Waals surface area contributed by atoms with Crippen molar-refractivity contribution < 1.29 is 23.9 Å². The molecule has 134 valence electrons. The molecule has 1 saturated heterocycles. The predicted molar refractivity (Wildman–Crippen MR) is 92.0 cm³/mol. The number of quaternary nitrogens is 1. The maximum absolute atomic E-state index is 12.2. The third kappa shape index (κ3) is 5.03. The Labute approximate surface area is 144 Å². The largest absolute Gasteiger partial charge is 0.493 e. The number of ether oxygens (including phenoxy) is 3. The van der Waals surface area contributed by atoms with Crippen LogP contribution in [0.2, 0.25) is 0 Å². The second-order valence-corrected chi connectivity index (χ2v) is 6.15. The highest BCUT2D eigenvalue weighted by Crippen LogP contribution is 2.38. The molecular weight excluding hydrogens is 308 g/mol. The topological polar surface area (TPSA) is 61.2 Å². The second-order valence-electron chi connectivity index (χ2n) is 6.15. The van der Waals surface area contributed by atoms with Gasteiger partial charge >= 0.3 is 0 Å². The zero-order valence-corrected chi connectivity index (χ0v) is 14.9. The lowest BCUT2D eigenvalue weighted by atomic mass is 10.1. The molecule has 1 aliphatic heterocycles. The summed E-state index contributed by atoms with van der Waals surface area (Å²) in [7, 11) is 4.75. The molecule has 0 aliphatic carbocycles. The normalized spacial score (nSPS) is 15.5. The SMILES string of the molecule is COc1cc(CNC(=O)C[NH+]2CCCCCC2)cc(OC)c1OC. The number of hydrogen-bond acceptors (Lipinski definition) is 4. The van der Waals surface area contributed by atoms with E-state index in [1.807, 2.05) is 12.1 Å². The van der Waals surface area contributed by atoms with Crippen molar-refractivity contribution in [3.05, 3.63) is 17.7 Å². The van der Waals surface area contributed by atoms with Gasteiger partial charge in [-0.3, -0.25) is 4.79 Å². The van der Waals surface area contributed by atoms with Crippen molar-refractivity contribution in [2.24, 2.45) is 0 Å². The smallest absolute Gasteiger partial charge is 0.275 e. The van der Waals surface area contributed by atoms with E-state index in [-0.39, 0.29) is 5.91 Å². The van der Waals surface area contributed by atoms with Gasteiger partial charge in [0.25, 0.3) is 5.91 Å². The van der Waals surface area contributed by atoms with E-state index in [0.29, 0.717) is 30.3 Å².